The van der Waals surface area contributed by atoms with Gasteiger partial charge in [-0.1, -0.05) is 12.1 Å². The molecule has 2 saturated heterocycles. The van der Waals surface area contributed by atoms with E-state index < -0.39 is 0 Å². The van der Waals surface area contributed by atoms with Gasteiger partial charge in [-0.25, -0.2) is 4.98 Å². The number of quaternary nitrogens is 1. The molecule has 2 aromatic rings. The van der Waals surface area contributed by atoms with Crippen molar-refractivity contribution in [2.75, 3.05) is 44.2 Å². The number of H-pyrrole nitrogens is 1. The average molecular weight is 359 g/mol. The van der Waals surface area contributed by atoms with Crippen LogP contribution in [0.15, 0.2) is 41.9 Å². The molecule has 2 aliphatic rings. The number of aromatic amines is 1. The second-order valence-electron chi connectivity index (χ2n) is 6.91. The van der Waals surface area contributed by atoms with E-state index in [1.54, 1.807) is 0 Å². The number of anilines is 1. The molecule has 2 atom stereocenters. The molecule has 5 nitrogen and oxygen atoms in total. The second kappa shape index (κ2) is 7.54. The van der Waals surface area contributed by atoms with Gasteiger partial charge < -0.3 is 9.80 Å². The van der Waals surface area contributed by atoms with Crippen molar-refractivity contribution < 1.29 is 14.7 Å². The summed E-state index contributed by atoms with van der Waals surface area (Å²) in [5.74, 6) is 1.45. The van der Waals surface area contributed by atoms with Gasteiger partial charge in [0.05, 0.1) is 30.7 Å². The number of hydrogen-bond acceptors (Lipinski definition) is 3. The molecule has 0 saturated carbocycles. The van der Waals surface area contributed by atoms with Crippen molar-refractivity contribution in [2.24, 2.45) is 0 Å². The lowest BCUT2D eigenvalue weighted by Crippen LogP contribution is -3.11. The molecule has 6 heteroatoms. The number of hydrogen-bond donors (Lipinski definition) is 1. The summed E-state index contributed by atoms with van der Waals surface area (Å²) in [4.78, 5) is 23.3. The Morgan fingerprint density at radius 2 is 2.08 bits per heavy atom. The Bertz CT molecular complexity index is 683. The summed E-state index contributed by atoms with van der Waals surface area (Å²) in [7, 11) is 0. The van der Waals surface area contributed by atoms with Crippen LogP contribution in [-0.2, 0) is 4.79 Å². The van der Waals surface area contributed by atoms with E-state index in [9.17, 15) is 4.79 Å². The zero-order valence-corrected chi connectivity index (χ0v) is 15.3. The second-order valence-corrected chi connectivity index (χ2v) is 7.89. The normalized spacial score (nSPS) is 23.8. The Hall–Kier alpha value is -1.92. The number of carbonyl (C=O) groups excluding carboxylic acids is 1. The lowest BCUT2D eigenvalue weighted by Gasteiger charge is -2.32. The molecular weight excluding hydrogens is 332 g/mol. The zero-order chi connectivity index (χ0) is 17.1. The molecule has 0 radical (unpaired) electrons. The number of nitrogens with one attached hydrogen (secondary N) is 2. The first kappa shape index (κ1) is 16.5. The average Bonchev–Trinajstić information content (AvgIpc) is 3.34. The molecule has 2 fully saturated rings. The van der Waals surface area contributed by atoms with Crippen LogP contribution in [0.3, 0.4) is 0 Å². The van der Waals surface area contributed by atoms with Gasteiger partial charge in [-0.2, -0.15) is 0 Å². The van der Waals surface area contributed by atoms with E-state index in [1.807, 2.05) is 29.7 Å². The highest BCUT2D eigenvalue weighted by Gasteiger charge is 2.34. The summed E-state index contributed by atoms with van der Waals surface area (Å²) in [5.41, 5.74) is 0. The first-order chi connectivity index (χ1) is 12.3. The fraction of sp³-hybridized carbons (Fsp3) is 0.474. The number of rotatable bonds is 4. The van der Waals surface area contributed by atoms with E-state index in [1.165, 1.54) is 22.6 Å². The first-order valence-electron chi connectivity index (χ1n) is 9.19. The lowest BCUT2D eigenvalue weighted by molar-refractivity contribution is -0.910. The monoisotopic (exact) mass is 358 g/mol. The van der Waals surface area contributed by atoms with Crippen LogP contribution in [0.1, 0.15) is 23.8 Å². The predicted molar refractivity (Wildman–Crippen MR) is 98.8 cm³/mol. The van der Waals surface area contributed by atoms with Crippen LogP contribution >= 0.6 is 11.3 Å². The molecule has 2 aromatic heterocycles. The maximum absolute atomic E-state index is 12.8. The number of nitrogens with zero attached hydrogens (tertiary/aromatic N) is 2. The smallest absolute Gasteiger partial charge is 0.278 e. The molecule has 2 aliphatic heterocycles. The summed E-state index contributed by atoms with van der Waals surface area (Å²) < 4.78 is 0. The van der Waals surface area contributed by atoms with Crippen LogP contribution in [-0.4, -0.2) is 50.1 Å². The third-order valence-corrected chi connectivity index (χ3v) is 6.40. The SMILES string of the molecule is O=C(C[NH+]1CCC[C@@H]1c1cccs1)N1CCN(c2cccc[nH+]2)CC1. The molecule has 0 aromatic carbocycles. The minimum absolute atomic E-state index is 0.315. The molecule has 2 N–H and O–H groups in total. The van der Waals surface area contributed by atoms with Crippen molar-refractivity contribution in [3.05, 3.63) is 46.8 Å². The van der Waals surface area contributed by atoms with Crippen molar-refractivity contribution in [3.63, 3.8) is 0 Å². The molecule has 0 spiro atoms. The summed E-state index contributed by atoms with van der Waals surface area (Å²) in [6.45, 7) is 5.19. The largest absolute Gasteiger partial charge is 0.330 e. The van der Waals surface area contributed by atoms with E-state index in [-0.39, 0.29) is 0 Å². The van der Waals surface area contributed by atoms with Crippen LogP contribution in [0.4, 0.5) is 5.82 Å². The van der Waals surface area contributed by atoms with Gasteiger partial charge in [0.1, 0.15) is 19.1 Å². The summed E-state index contributed by atoms with van der Waals surface area (Å²) in [5, 5.41) is 2.15. The molecule has 1 unspecified atom stereocenters. The van der Waals surface area contributed by atoms with E-state index >= 15 is 0 Å². The topological polar surface area (TPSA) is 42.1 Å². The summed E-state index contributed by atoms with van der Waals surface area (Å²) >= 11 is 1.83. The van der Waals surface area contributed by atoms with Gasteiger partial charge in [0.2, 0.25) is 0 Å². The maximum atomic E-state index is 12.8. The third kappa shape index (κ3) is 3.70. The Morgan fingerprint density at radius 1 is 1.20 bits per heavy atom. The van der Waals surface area contributed by atoms with Crippen LogP contribution < -0.4 is 14.8 Å². The van der Waals surface area contributed by atoms with E-state index in [2.05, 4.69) is 38.4 Å². The number of aromatic nitrogens is 1. The van der Waals surface area contributed by atoms with Crippen LogP contribution in [0, 0.1) is 0 Å². The van der Waals surface area contributed by atoms with Crippen LogP contribution in [0.2, 0.25) is 0 Å². The van der Waals surface area contributed by atoms with Gasteiger partial charge in [0, 0.05) is 18.9 Å². The zero-order valence-electron chi connectivity index (χ0n) is 14.5. The number of amides is 1. The van der Waals surface area contributed by atoms with Gasteiger partial charge in [0.25, 0.3) is 11.7 Å². The molecular formula is C19H26N4OS+2. The molecule has 4 rings (SSSR count). The van der Waals surface area contributed by atoms with Crippen molar-refractivity contribution in [1.29, 1.82) is 0 Å². The molecule has 0 aliphatic carbocycles. The summed E-state index contributed by atoms with van der Waals surface area (Å²) in [6, 6.07) is 11.0. The Labute approximate surface area is 152 Å². The van der Waals surface area contributed by atoms with Crippen LogP contribution in [0.5, 0.6) is 0 Å². The Morgan fingerprint density at radius 3 is 2.80 bits per heavy atom. The van der Waals surface area contributed by atoms with Crippen molar-refractivity contribution in [3.8, 4) is 0 Å². The minimum atomic E-state index is 0.315. The predicted octanol–water partition coefficient (Wildman–Crippen LogP) is 0.631. The highest BCUT2D eigenvalue weighted by Crippen LogP contribution is 2.23. The molecule has 1 amide bonds. The molecule has 132 valence electrons. The lowest BCUT2D eigenvalue weighted by atomic mass is 10.2. The number of pyridine rings is 1. The van der Waals surface area contributed by atoms with Gasteiger partial charge in [0.15, 0.2) is 6.54 Å². The van der Waals surface area contributed by atoms with E-state index in [4.69, 9.17) is 0 Å². The Balaban J connectivity index is 1.32. The highest BCUT2D eigenvalue weighted by molar-refractivity contribution is 7.10. The molecule has 0 bridgehead atoms. The standard InChI is InChI=1S/C19H24N4OS/c24-19(15-23-9-3-5-16(23)17-6-4-14-25-17)22-12-10-21(11-13-22)18-7-1-2-8-20-18/h1-2,4,6-8,14,16H,3,5,9-13,15H2/p+2/t16-/m1/s1. The van der Waals surface area contributed by atoms with Crippen LogP contribution in [0.25, 0.3) is 0 Å². The number of likely N-dealkylation sites (tertiary alicyclic amines) is 1. The van der Waals surface area contributed by atoms with Crippen molar-refractivity contribution in [2.45, 2.75) is 18.9 Å². The van der Waals surface area contributed by atoms with Crippen molar-refractivity contribution >= 4 is 23.1 Å². The minimum Gasteiger partial charge on any atom is -0.330 e. The quantitative estimate of drug-likeness (QED) is 0.871. The number of thiophene rings is 1. The molecule has 4 heterocycles. The Kier molecular flexibility index (Phi) is 4.99. The van der Waals surface area contributed by atoms with Gasteiger partial charge in [-0.05, 0) is 17.5 Å². The van der Waals surface area contributed by atoms with Crippen molar-refractivity contribution in [1.82, 2.24) is 4.90 Å². The fourth-order valence-electron chi connectivity index (χ4n) is 4.04. The van der Waals surface area contributed by atoms with E-state index in [0.29, 0.717) is 18.5 Å². The summed E-state index contributed by atoms with van der Waals surface area (Å²) in [6.07, 6.45) is 4.39. The highest BCUT2D eigenvalue weighted by atomic mass is 32.1. The van der Waals surface area contributed by atoms with Gasteiger partial charge in [-0.15, -0.1) is 11.3 Å². The maximum Gasteiger partial charge on any atom is 0.278 e. The third-order valence-electron chi connectivity index (χ3n) is 5.41. The number of piperazine rings is 1. The van der Waals surface area contributed by atoms with E-state index in [0.717, 1.165) is 38.5 Å². The number of carbonyl (C=O) groups is 1. The fourth-order valence-corrected chi connectivity index (χ4v) is 4.96. The molecule has 25 heavy (non-hydrogen) atoms. The van der Waals surface area contributed by atoms with Gasteiger partial charge in [-0.3, -0.25) is 9.69 Å². The van der Waals surface area contributed by atoms with Gasteiger partial charge >= 0.3 is 0 Å². The first-order valence-corrected chi connectivity index (χ1v) is 10.1.